The molecule has 4 heteroatoms. The van der Waals surface area contributed by atoms with Crippen LogP contribution in [0, 0.1) is 17.3 Å². The van der Waals surface area contributed by atoms with Gasteiger partial charge in [-0.2, -0.15) is 0 Å². The van der Waals surface area contributed by atoms with Gasteiger partial charge in [-0.15, -0.1) is 18.3 Å². The van der Waals surface area contributed by atoms with Crippen molar-refractivity contribution in [3.63, 3.8) is 0 Å². The number of rotatable bonds is 5. The summed E-state index contributed by atoms with van der Waals surface area (Å²) in [7, 11) is 0. The Bertz CT molecular complexity index is 1110. The van der Waals surface area contributed by atoms with Crippen molar-refractivity contribution in [2.45, 2.75) is 98.6 Å². The minimum Gasteiger partial charge on any atom is -0.389 e. The van der Waals surface area contributed by atoms with Crippen LogP contribution in [0.5, 0.6) is 0 Å². The average Bonchev–Trinajstić information content (AvgIpc) is 3.52. The smallest absolute Gasteiger partial charge is 0.188 e. The molecule has 0 radical (unpaired) electrons. The van der Waals surface area contributed by atoms with Gasteiger partial charge >= 0.3 is 0 Å². The normalized spacial score (nSPS) is 38.9. The zero-order valence-corrected chi connectivity index (χ0v) is 22.5. The molecule has 1 aromatic rings. The lowest BCUT2D eigenvalue weighted by Crippen LogP contribution is -2.51. The molecule has 4 fully saturated rings. The summed E-state index contributed by atoms with van der Waals surface area (Å²) in [5.74, 6) is 0.982. The fraction of sp³-hybridized carbons (Fsp3) is 0.625. The van der Waals surface area contributed by atoms with Gasteiger partial charge < -0.3 is 14.6 Å². The van der Waals surface area contributed by atoms with Crippen molar-refractivity contribution in [3.8, 4) is 0 Å². The third-order valence-electron chi connectivity index (χ3n) is 10.6. The topological polar surface area (TPSA) is 38.7 Å². The van der Waals surface area contributed by atoms with E-state index in [1.807, 2.05) is 17.8 Å². The first-order valence-electron chi connectivity index (χ1n) is 14.3. The van der Waals surface area contributed by atoms with Crippen LogP contribution in [0.15, 0.2) is 64.6 Å². The molecule has 1 N–H and O–H groups in total. The summed E-state index contributed by atoms with van der Waals surface area (Å²) in [6, 6.07) is 9.51. The Morgan fingerprint density at radius 2 is 1.83 bits per heavy atom. The van der Waals surface area contributed by atoms with Crippen molar-refractivity contribution in [2.75, 3.05) is 13.2 Å². The third kappa shape index (κ3) is 3.66. The number of ether oxygens (including phenoxy) is 2. The van der Waals surface area contributed by atoms with Crippen molar-refractivity contribution >= 4 is 11.8 Å². The fourth-order valence-electron chi connectivity index (χ4n) is 8.61. The quantitative estimate of drug-likeness (QED) is 0.426. The highest BCUT2D eigenvalue weighted by atomic mass is 32.2. The zero-order valence-electron chi connectivity index (χ0n) is 21.6. The third-order valence-corrected chi connectivity index (χ3v) is 11.9. The molecule has 1 aromatic carbocycles. The molecular formula is C32H40O3S. The van der Waals surface area contributed by atoms with E-state index in [0.717, 1.165) is 43.8 Å². The van der Waals surface area contributed by atoms with E-state index in [9.17, 15) is 5.11 Å². The maximum atomic E-state index is 12.0. The number of hydrogen-bond acceptors (Lipinski definition) is 4. The maximum absolute atomic E-state index is 12.0. The molecule has 1 aliphatic heterocycles. The van der Waals surface area contributed by atoms with Crippen LogP contribution in [0.2, 0.25) is 0 Å². The van der Waals surface area contributed by atoms with Gasteiger partial charge in [-0.25, -0.2) is 0 Å². The summed E-state index contributed by atoms with van der Waals surface area (Å²) in [6.45, 7) is 7.83. The standard InChI is InChI=1S/C32H40O3S/c1-3-14-31(33)15-13-28-26-11-6-22-19-32(34-17-18-35-32)16-12-25(22)29(26)27(20-30(28,31)2)21-4-7-23(8-5-21)36-24-9-10-24/h3-5,7-8,19,24,26-28,33H,1,6,9-18,20H2,2H3/t26?,27?,28?,30-,31-/m0/s1. The lowest BCUT2D eigenvalue weighted by molar-refractivity contribution is -0.124. The second-order valence-corrected chi connectivity index (χ2v) is 13.9. The summed E-state index contributed by atoms with van der Waals surface area (Å²) < 4.78 is 12.2. The number of benzene rings is 1. The van der Waals surface area contributed by atoms with Crippen LogP contribution < -0.4 is 0 Å². The molecule has 1 heterocycles. The summed E-state index contributed by atoms with van der Waals surface area (Å²) in [5, 5.41) is 12.8. The van der Waals surface area contributed by atoms with Crippen LogP contribution in [0.3, 0.4) is 0 Å². The first-order chi connectivity index (χ1) is 17.4. The highest BCUT2D eigenvalue weighted by Crippen LogP contribution is 2.67. The molecule has 1 saturated heterocycles. The number of allylic oxidation sites excluding steroid dienone is 3. The lowest BCUT2D eigenvalue weighted by atomic mass is 9.51. The minimum atomic E-state index is -0.645. The van der Waals surface area contributed by atoms with E-state index in [-0.39, 0.29) is 5.41 Å². The maximum Gasteiger partial charge on any atom is 0.188 e. The van der Waals surface area contributed by atoms with Crippen molar-refractivity contribution in [1.82, 2.24) is 0 Å². The van der Waals surface area contributed by atoms with E-state index in [1.54, 1.807) is 11.1 Å². The molecule has 5 atom stereocenters. The van der Waals surface area contributed by atoms with Gasteiger partial charge in [0.1, 0.15) is 0 Å². The molecule has 36 heavy (non-hydrogen) atoms. The lowest BCUT2D eigenvalue weighted by Gasteiger charge is -2.55. The molecule has 6 aliphatic rings. The zero-order chi connectivity index (χ0) is 24.5. The highest BCUT2D eigenvalue weighted by Gasteiger charge is 2.62. The molecule has 3 nitrogen and oxygen atoms in total. The van der Waals surface area contributed by atoms with Crippen LogP contribution in [-0.2, 0) is 9.47 Å². The molecular weight excluding hydrogens is 464 g/mol. The molecule has 0 aromatic heterocycles. The van der Waals surface area contributed by atoms with Gasteiger partial charge in [0.05, 0.1) is 18.8 Å². The summed E-state index contributed by atoms with van der Waals surface area (Å²) in [5.41, 5.74) is 5.46. The summed E-state index contributed by atoms with van der Waals surface area (Å²) in [4.78, 5) is 1.40. The Morgan fingerprint density at radius 1 is 1.06 bits per heavy atom. The van der Waals surface area contributed by atoms with E-state index in [1.165, 1.54) is 35.3 Å². The predicted octanol–water partition coefficient (Wildman–Crippen LogP) is 7.32. The fourth-order valence-corrected chi connectivity index (χ4v) is 9.65. The minimum absolute atomic E-state index is 0.0865. The average molecular weight is 505 g/mol. The Labute approximate surface area is 220 Å². The molecule has 5 aliphatic carbocycles. The van der Waals surface area contributed by atoms with E-state index >= 15 is 0 Å². The molecule has 0 bridgehead atoms. The van der Waals surface area contributed by atoms with Crippen LogP contribution >= 0.6 is 11.8 Å². The number of aliphatic hydroxyl groups is 1. The monoisotopic (exact) mass is 504 g/mol. The SMILES string of the molecule is C=CC[C@]1(O)CCC2C3CCC4=CC5(CCC4=C3C(c3ccc(SC4CC4)cc3)C[C@@]21C)OCCO5. The van der Waals surface area contributed by atoms with Gasteiger partial charge in [-0.1, -0.05) is 30.7 Å². The van der Waals surface area contributed by atoms with Crippen molar-refractivity contribution in [3.05, 3.63) is 65.3 Å². The van der Waals surface area contributed by atoms with Gasteiger partial charge in [-0.05, 0) is 105 Å². The Morgan fingerprint density at radius 3 is 2.56 bits per heavy atom. The molecule has 192 valence electrons. The molecule has 7 rings (SSSR count). The summed E-state index contributed by atoms with van der Waals surface area (Å²) >= 11 is 2.04. The second-order valence-electron chi connectivity index (χ2n) is 12.5. The van der Waals surface area contributed by atoms with Crippen LogP contribution in [-0.4, -0.2) is 35.0 Å². The highest BCUT2D eigenvalue weighted by molar-refractivity contribution is 8.00. The molecule has 0 amide bonds. The molecule has 3 unspecified atom stereocenters. The largest absolute Gasteiger partial charge is 0.389 e. The van der Waals surface area contributed by atoms with Crippen molar-refractivity contribution in [1.29, 1.82) is 0 Å². The van der Waals surface area contributed by atoms with Crippen LogP contribution in [0.25, 0.3) is 0 Å². The van der Waals surface area contributed by atoms with Gasteiger partial charge in [0.2, 0.25) is 0 Å². The number of hydrogen-bond donors (Lipinski definition) is 1. The van der Waals surface area contributed by atoms with Crippen LogP contribution in [0.1, 0.15) is 82.6 Å². The van der Waals surface area contributed by atoms with E-state index in [0.29, 0.717) is 37.4 Å². The van der Waals surface area contributed by atoms with Gasteiger partial charge in [0.25, 0.3) is 0 Å². The van der Waals surface area contributed by atoms with Crippen molar-refractivity contribution < 1.29 is 14.6 Å². The number of fused-ring (bicyclic) bond motifs is 4. The second kappa shape index (κ2) is 8.59. The first-order valence-corrected chi connectivity index (χ1v) is 15.1. The van der Waals surface area contributed by atoms with Crippen molar-refractivity contribution in [2.24, 2.45) is 17.3 Å². The predicted molar refractivity (Wildman–Crippen MR) is 145 cm³/mol. The van der Waals surface area contributed by atoms with E-state index < -0.39 is 11.4 Å². The van der Waals surface area contributed by atoms with E-state index in [4.69, 9.17) is 9.47 Å². The first kappa shape index (κ1) is 23.8. The molecule has 1 spiro atoms. The van der Waals surface area contributed by atoms with Gasteiger partial charge in [-0.3, -0.25) is 0 Å². The van der Waals surface area contributed by atoms with Gasteiger partial charge in [0, 0.05) is 27.9 Å². The van der Waals surface area contributed by atoms with Crippen LogP contribution in [0.4, 0.5) is 0 Å². The molecule has 3 saturated carbocycles. The number of thioether (sulfide) groups is 1. The van der Waals surface area contributed by atoms with E-state index in [2.05, 4.69) is 43.8 Å². The van der Waals surface area contributed by atoms with Gasteiger partial charge in [0.15, 0.2) is 5.79 Å². The summed E-state index contributed by atoms with van der Waals surface area (Å²) in [6.07, 6.45) is 15.0. The Balaban J connectivity index is 1.32. The Hall–Kier alpha value is -1.33. The Kier molecular flexibility index (Phi) is 5.67.